The van der Waals surface area contributed by atoms with Gasteiger partial charge in [0.25, 0.3) is 0 Å². The number of anilines is 1. The maximum Gasteiger partial charge on any atom is 0.406 e. The number of nitrogens with zero attached hydrogens (tertiary/aromatic N) is 5. The molecule has 0 amide bonds. The fraction of sp³-hybridized carbons (Fsp3) is 0.318. The molecule has 2 heterocycles. The van der Waals surface area contributed by atoms with Crippen LogP contribution in [0.2, 0.25) is 0 Å². The molecule has 1 fully saturated rings. The van der Waals surface area contributed by atoms with Gasteiger partial charge in [-0.1, -0.05) is 54.2 Å². The van der Waals surface area contributed by atoms with Crippen LogP contribution in [0.3, 0.4) is 0 Å². The number of aromatic nitrogens is 3. The first-order valence-electron chi connectivity index (χ1n) is 9.98. The maximum absolute atomic E-state index is 13.2. The molecule has 1 aliphatic rings. The molecular weight excluding hydrogens is 439 g/mol. The van der Waals surface area contributed by atoms with Gasteiger partial charge >= 0.3 is 6.18 Å². The molecule has 1 aliphatic heterocycles. The van der Waals surface area contributed by atoms with E-state index < -0.39 is 12.7 Å². The summed E-state index contributed by atoms with van der Waals surface area (Å²) in [7, 11) is 0. The van der Waals surface area contributed by atoms with Crippen LogP contribution in [-0.2, 0) is 17.0 Å². The van der Waals surface area contributed by atoms with E-state index in [-0.39, 0.29) is 11.1 Å². The van der Waals surface area contributed by atoms with Gasteiger partial charge in [-0.15, -0.1) is 10.2 Å². The summed E-state index contributed by atoms with van der Waals surface area (Å²) >= 11 is 1.21. The third-order valence-electron chi connectivity index (χ3n) is 5.01. The molecular formula is C22H20F3N5OS. The Labute approximate surface area is 187 Å². The highest BCUT2D eigenvalue weighted by Crippen LogP contribution is 2.30. The van der Waals surface area contributed by atoms with E-state index in [0.717, 1.165) is 21.3 Å². The highest BCUT2D eigenvalue weighted by atomic mass is 32.2. The largest absolute Gasteiger partial charge is 0.406 e. The van der Waals surface area contributed by atoms with Crippen LogP contribution in [0.25, 0.3) is 11.1 Å². The summed E-state index contributed by atoms with van der Waals surface area (Å²) in [5.41, 5.74) is 3.27. The number of rotatable bonds is 6. The Kier molecular flexibility index (Phi) is 6.67. The van der Waals surface area contributed by atoms with Crippen LogP contribution in [0, 0.1) is 11.3 Å². The van der Waals surface area contributed by atoms with Gasteiger partial charge in [-0.3, -0.25) is 4.57 Å². The normalized spacial score (nSPS) is 14.4. The number of morpholine rings is 1. The minimum Gasteiger partial charge on any atom is -0.378 e. The maximum atomic E-state index is 13.2. The van der Waals surface area contributed by atoms with E-state index in [9.17, 15) is 18.4 Å². The number of ether oxygens (including phenoxy) is 1. The van der Waals surface area contributed by atoms with Crippen LogP contribution in [0.15, 0.2) is 53.7 Å². The van der Waals surface area contributed by atoms with Crippen molar-refractivity contribution in [3.63, 3.8) is 0 Å². The number of alkyl halides is 3. The summed E-state index contributed by atoms with van der Waals surface area (Å²) in [6.07, 6.45) is -4.38. The predicted molar refractivity (Wildman–Crippen MR) is 115 cm³/mol. The number of benzene rings is 2. The smallest absolute Gasteiger partial charge is 0.378 e. The van der Waals surface area contributed by atoms with E-state index in [1.54, 1.807) is 11.0 Å². The Morgan fingerprint density at radius 3 is 2.44 bits per heavy atom. The molecule has 166 valence electrons. The summed E-state index contributed by atoms with van der Waals surface area (Å²) in [6.45, 7) is 0.711. The van der Waals surface area contributed by atoms with Crippen LogP contribution >= 0.6 is 11.8 Å². The summed E-state index contributed by atoms with van der Waals surface area (Å²) in [4.78, 5) is 1.77. The van der Waals surface area contributed by atoms with Gasteiger partial charge in [0, 0.05) is 18.8 Å². The molecule has 4 rings (SSSR count). The van der Waals surface area contributed by atoms with E-state index >= 15 is 0 Å². The lowest BCUT2D eigenvalue weighted by Gasteiger charge is -2.28. The van der Waals surface area contributed by atoms with Crippen molar-refractivity contribution < 1.29 is 17.9 Å². The summed E-state index contributed by atoms with van der Waals surface area (Å²) < 4.78 is 46.1. The first-order valence-corrected chi connectivity index (χ1v) is 11.0. The molecule has 0 atom stereocenters. The van der Waals surface area contributed by atoms with Gasteiger partial charge in [0.05, 0.1) is 24.8 Å². The average Bonchev–Trinajstić information content (AvgIpc) is 3.19. The first-order chi connectivity index (χ1) is 15.4. The second-order valence-corrected chi connectivity index (χ2v) is 8.17. The molecule has 0 saturated carbocycles. The number of thioether (sulfide) groups is 1. The van der Waals surface area contributed by atoms with Crippen molar-refractivity contribution in [2.45, 2.75) is 23.6 Å². The van der Waals surface area contributed by atoms with E-state index in [4.69, 9.17) is 4.74 Å². The molecule has 1 saturated heterocycles. The van der Waals surface area contributed by atoms with Gasteiger partial charge in [0.1, 0.15) is 6.54 Å². The zero-order valence-electron chi connectivity index (χ0n) is 17.0. The van der Waals surface area contributed by atoms with Gasteiger partial charge in [-0.05, 0) is 22.8 Å². The Balaban J connectivity index is 1.51. The quantitative estimate of drug-likeness (QED) is 0.506. The van der Waals surface area contributed by atoms with Crippen molar-refractivity contribution in [1.82, 2.24) is 14.8 Å². The molecule has 6 nitrogen and oxygen atoms in total. The zero-order valence-corrected chi connectivity index (χ0v) is 17.9. The third-order valence-corrected chi connectivity index (χ3v) is 6.05. The minimum atomic E-state index is -4.38. The van der Waals surface area contributed by atoms with Crippen LogP contribution in [0.5, 0.6) is 0 Å². The lowest BCUT2D eigenvalue weighted by atomic mass is 10.00. The van der Waals surface area contributed by atoms with E-state index in [1.165, 1.54) is 11.8 Å². The van der Waals surface area contributed by atoms with Gasteiger partial charge in [0.2, 0.25) is 5.95 Å². The second-order valence-electron chi connectivity index (χ2n) is 7.23. The SMILES string of the molecule is N#Cc1ccccc1-c1ccc(CSc2nnc(N3CCOCC3)n2CC(F)(F)F)cc1. The highest BCUT2D eigenvalue weighted by molar-refractivity contribution is 7.98. The number of nitriles is 1. The van der Waals surface area contributed by atoms with Gasteiger partial charge in [0.15, 0.2) is 5.16 Å². The highest BCUT2D eigenvalue weighted by Gasteiger charge is 2.32. The van der Waals surface area contributed by atoms with Crippen molar-refractivity contribution in [2.75, 3.05) is 31.2 Å². The van der Waals surface area contributed by atoms with Crippen molar-refractivity contribution in [3.8, 4) is 17.2 Å². The number of hydrogen-bond acceptors (Lipinski definition) is 6. The van der Waals surface area contributed by atoms with Crippen molar-refractivity contribution >= 4 is 17.7 Å². The van der Waals surface area contributed by atoms with Crippen molar-refractivity contribution in [3.05, 3.63) is 59.7 Å². The molecule has 10 heteroatoms. The van der Waals surface area contributed by atoms with E-state index in [2.05, 4.69) is 16.3 Å². The molecule has 0 unspecified atom stereocenters. The molecule has 0 spiro atoms. The summed E-state index contributed by atoms with van der Waals surface area (Å²) in [5.74, 6) is 0.663. The Hall–Kier alpha value is -3.03. The third kappa shape index (κ3) is 5.23. The Morgan fingerprint density at radius 2 is 1.75 bits per heavy atom. The summed E-state index contributed by atoms with van der Waals surface area (Å²) in [6, 6.07) is 17.1. The Bertz CT molecular complexity index is 1100. The summed E-state index contributed by atoms with van der Waals surface area (Å²) in [5, 5.41) is 17.6. The molecule has 0 aliphatic carbocycles. The van der Waals surface area contributed by atoms with Crippen LogP contribution in [0.1, 0.15) is 11.1 Å². The van der Waals surface area contributed by atoms with E-state index in [0.29, 0.717) is 37.6 Å². The molecule has 32 heavy (non-hydrogen) atoms. The molecule has 0 N–H and O–H groups in total. The lowest BCUT2D eigenvalue weighted by molar-refractivity contribution is -0.141. The fourth-order valence-electron chi connectivity index (χ4n) is 3.46. The number of halogens is 3. The molecule has 0 radical (unpaired) electrons. The van der Waals surface area contributed by atoms with Crippen LogP contribution < -0.4 is 4.90 Å². The minimum absolute atomic E-state index is 0.219. The van der Waals surface area contributed by atoms with Crippen molar-refractivity contribution in [1.29, 1.82) is 5.26 Å². The molecule has 0 bridgehead atoms. The molecule has 3 aromatic rings. The van der Waals surface area contributed by atoms with Gasteiger partial charge in [-0.2, -0.15) is 18.4 Å². The molecule has 2 aromatic carbocycles. The zero-order chi connectivity index (χ0) is 22.6. The lowest BCUT2D eigenvalue weighted by Crippen LogP contribution is -2.38. The standard InChI is InChI=1S/C22H20F3N5OS/c23-22(24,25)15-30-20(29-9-11-31-12-10-29)27-28-21(30)32-14-16-5-7-17(8-6-16)19-4-2-1-3-18(19)13-26/h1-8H,9-12,14-15H2. The fourth-order valence-corrected chi connectivity index (χ4v) is 4.35. The average molecular weight is 459 g/mol. The second kappa shape index (κ2) is 9.63. The van der Waals surface area contributed by atoms with Gasteiger partial charge in [-0.25, -0.2) is 0 Å². The van der Waals surface area contributed by atoms with Crippen LogP contribution in [-0.4, -0.2) is 47.2 Å². The Morgan fingerprint density at radius 1 is 1.03 bits per heavy atom. The monoisotopic (exact) mass is 459 g/mol. The van der Waals surface area contributed by atoms with Gasteiger partial charge < -0.3 is 9.64 Å². The molecule has 1 aromatic heterocycles. The van der Waals surface area contributed by atoms with Crippen LogP contribution in [0.4, 0.5) is 19.1 Å². The first kappa shape index (κ1) is 22.2. The van der Waals surface area contributed by atoms with Crippen molar-refractivity contribution in [2.24, 2.45) is 0 Å². The number of hydrogen-bond donors (Lipinski definition) is 0. The predicted octanol–water partition coefficient (Wildman–Crippen LogP) is 4.51. The topological polar surface area (TPSA) is 67.0 Å². The van der Waals surface area contributed by atoms with E-state index in [1.807, 2.05) is 42.5 Å².